The second kappa shape index (κ2) is 11.2. The van der Waals surface area contributed by atoms with Crippen LogP contribution in [-0.2, 0) is 3.07 Å². The maximum absolute atomic E-state index is 12.4. The molecule has 0 amide bonds. The molecule has 0 aromatic carbocycles. The number of halogens is 9. The van der Waals surface area contributed by atoms with E-state index in [0.29, 0.717) is 6.42 Å². The molecule has 0 atom stereocenters. The number of hydrogen-bond acceptors (Lipinski definition) is 1. The maximum atomic E-state index is 12.4. The van der Waals surface area contributed by atoms with Crippen LogP contribution in [0.5, 0.6) is 0 Å². The third-order valence-electron chi connectivity index (χ3n) is 3.89. The molecule has 0 aromatic heterocycles. The molecule has 0 unspecified atom stereocenters. The van der Waals surface area contributed by atoms with Gasteiger partial charge in [0.15, 0.2) is 0 Å². The number of hydrogen-bond donors (Lipinski definition) is 0. The Labute approximate surface area is 152 Å². The van der Waals surface area contributed by atoms with E-state index in [9.17, 15) is 39.5 Å². The molecule has 0 aromatic rings. The third-order valence-corrected chi connectivity index (χ3v) is 17.1. The van der Waals surface area contributed by atoms with E-state index in [1.807, 2.05) is 0 Å². The molecule has 158 valence electrons. The summed E-state index contributed by atoms with van der Waals surface area (Å²) in [4.78, 5) is 0. The van der Waals surface area contributed by atoms with Crippen LogP contribution in [-0.4, -0.2) is 43.9 Å². The van der Waals surface area contributed by atoms with Crippen molar-refractivity contribution in [2.75, 3.05) is 6.61 Å². The Balaban J connectivity index is 5.01. The average Bonchev–Trinajstić information content (AvgIpc) is 2.40. The molecule has 0 bridgehead atoms. The van der Waals surface area contributed by atoms with E-state index in [4.69, 9.17) is 3.07 Å². The fourth-order valence-corrected chi connectivity index (χ4v) is 15.0. The van der Waals surface area contributed by atoms with Crippen LogP contribution in [0.15, 0.2) is 0 Å². The molecule has 0 rings (SSSR count). The summed E-state index contributed by atoms with van der Waals surface area (Å²) in [6, 6.07) is 0. The van der Waals surface area contributed by atoms with Crippen LogP contribution in [0.25, 0.3) is 0 Å². The molecular weight excluding hydrogens is 486 g/mol. The van der Waals surface area contributed by atoms with Crippen LogP contribution in [0.3, 0.4) is 0 Å². The van der Waals surface area contributed by atoms with Gasteiger partial charge in [-0.25, -0.2) is 0 Å². The number of alkyl halides is 9. The van der Waals surface area contributed by atoms with Crippen molar-refractivity contribution >= 4 is 18.8 Å². The molecule has 0 spiro atoms. The van der Waals surface area contributed by atoms with Gasteiger partial charge in [0.25, 0.3) is 0 Å². The monoisotopic (exact) mass is 512 g/mol. The predicted octanol–water partition coefficient (Wildman–Crippen LogP) is 7.39. The summed E-state index contributed by atoms with van der Waals surface area (Å²) in [5, 5.41) is 0. The van der Waals surface area contributed by atoms with Crippen molar-refractivity contribution in [3.05, 3.63) is 0 Å². The van der Waals surface area contributed by atoms with E-state index in [1.165, 1.54) is 0 Å². The Hall–Kier alpha value is 0.129. The topological polar surface area (TPSA) is 9.23 Å². The summed E-state index contributed by atoms with van der Waals surface area (Å²) < 4.78 is 117. The van der Waals surface area contributed by atoms with Crippen LogP contribution in [0.4, 0.5) is 39.5 Å². The summed E-state index contributed by atoms with van der Waals surface area (Å²) in [5.74, 6) is 0. The zero-order chi connectivity index (χ0) is 20.5. The first-order chi connectivity index (χ1) is 11.7. The quantitative estimate of drug-likeness (QED) is 0.196. The zero-order valence-corrected chi connectivity index (χ0v) is 17.4. The van der Waals surface area contributed by atoms with Gasteiger partial charge in [-0.3, -0.25) is 0 Å². The van der Waals surface area contributed by atoms with Crippen molar-refractivity contribution < 1.29 is 42.6 Å². The summed E-state index contributed by atoms with van der Waals surface area (Å²) in [6.45, 7) is 1.90. The zero-order valence-electron chi connectivity index (χ0n) is 14.6. The normalized spacial score (nSPS) is 14.1. The molecule has 0 aliphatic heterocycles. The molecule has 26 heavy (non-hydrogen) atoms. The average molecular weight is 511 g/mol. The number of rotatable bonds is 12. The molecule has 0 aliphatic carbocycles. The summed E-state index contributed by atoms with van der Waals surface area (Å²) in [5.41, 5.74) is 0. The Morgan fingerprint density at radius 1 is 0.615 bits per heavy atom. The van der Waals surface area contributed by atoms with Crippen molar-refractivity contribution in [1.82, 2.24) is 0 Å². The first-order valence-electron chi connectivity index (χ1n) is 8.52. The van der Waals surface area contributed by atoms with Crippen molar-refractivity contribution in [1.29, 1.82) is 0 Å². The van der Waals surface area contributed by atoms with Gasteiger partial charge in [0.2, 0.25) is 0 Å². The molecule has 1 nitrogen and oxygen atoms in total. The van der Waals surface area contributed by atoms with Gasteiger partial charge < -0.3 is 0 Å². The van der Waals surface area contributed by atoms with Gasteiger partial charge in [0.1, 0.15) is 0 Å². The van der Waals surface area contributed by atoms with Gasteiger partial charge in [-0.05, 0) is 0 Å². The Bertz CT molecular complexity index is 326. The third kappa shape index (κ3) is 15.2. The summed E-state index contributed by atoms with van der Waals surface area (Å²) in [7, 11) is 0. The van der Waals surface area contributed by atoms with Crippen LogP contribution >= 0.6 is 0 Å². The molecular formula is C15H25F9OSn. The van der Waals surface area contributed by atoms with E-state index in [1.54, 1.807) is 6.92 Å². The Morgan fingerprint density at radius 2 is 0.923 bits per heavy atom. The molecule has 0 saturated carbocycles. The van der Waals surface area contributed by atoms with Gasteiger partial charge in [-0.2, -0.15) is 0 Å². The van der Waals surface area contributed by atoms with E-state index < -0.39 is 56.6 Å². The summed E-state index contributed by atoms with van der Waals surface area (Å²) >= 11 is -4.00. The fraction of sp³-hybridized carbons (Fsp3) is 1.00. The standard InChI is InChI=1S/3C4H6F3.C3H7O.Sn/c3*1-2-3-4(5,6)7;1-2-3-4;/h3*1-3H2;2-3H2,1H3;/q;;;-1;+1. The van der Waals surface area contributed by atoms with E-state index in [2.05, 4.69) is 0 Å². The second-order valence-corrected chi connectivity index (χ2v) is 18.3. The fourth-order valence-electron chi connectivity index (χ4n) is 2.74. The van der Waals surface area contributed by atoms with Crippen molar-refractivity contribution in [2.24, 2.45) is 0 Å². The van der Waals surface area contributed by atoms with Crippen LogP contribution in [0.2, 0.25) is 13.3 Å². The Morgan fingerprint density at radius 3 is 1.15 bits per heavy atom. The van der Waals surface area contributed by atoms with Crippen molar-refractivity contribution in [3.63, 3.8) is 0 Å². The molecule has 0 aliphatic rings. The van der Waals surface area contributed by atoms with Gasteiger partial charge in [0.05, 0.1) is 0 Å². The molecule has 0 N–H and O–H groups in total. The first-order valence-corrected chi connectivity index (χ1v) is 15.7. The van der Waals surface area contributed by atoms with Gasteiger partial charge in [-0.1, -0.05) is 0 Å². The minimum atomic E-state index is -4.40. The van der Waals surface area contributed by atoms with Gasteiger partial charge in [0, 0.05) is 0 Å². The van der Waals surface area contributed by atoms with Gasteiger partial charge in [-0.15, -0.1) is 0 Å². The first kappa shape index (κ1) is 26.1. The Kier molecular flexibility index (Phi) is 11.3. The van der Waals surface area contributed by atoms with Crippen molar-refractivity contribution in [2.45, 2.75) is 83.7 Å². The molecule has 11 heteroatoms. The van der Waals surface area contributed by atoms with Crippen LogP contribution < -0.4 is 0 Å². The van der Waals surface area contributed by atoms with Crippen molar-refractivity contribution in [3.8, 4) is 0 Å². The van der Waals surface area contributed by atoms with Gasteiger partial charge >= 0.3 is 152 Å². The summed E-state index contributed by atoms with van der Waals surface area (Å²) in [6.07, 6.45) is -16.9. The minimum absolute atomic E-state index is 0.0100. The van der Waals surface area contributed by atoms with E-state index in [0.717, 1.165) is 0 Å². The van der Waals surface area contributed by atoms with E-state index in [-0.39, 0.29) is 39.2 Å². The second-order valence-electron chi connectivity index (χ2n) is 6.44. The molecule has 0 saturated heterocycles. The van der Waals surface area contributed by atoms with Crippen LogP contribution in [0.1, 0.15) is 51.9 Å². The molecule has 0 radical (unpaired) electrons. The molecule has 0 heterocycles. The molecule has 0 fully saturated rings. The SMILES string of the molecule is CCC[O][Sn]([CH2]CCC(F)(F)F)([CH2]CCC(F)(F)F)[CH2]CCC(F)(F)F. The van der Waals surface area contributed by atoms with E-state index >= 15 is 0 Å². The van der Waals surface area contributed by atoms with Crippen LogP contribution in [0, 0.1) is 0 Å². The predicted molar refractivity (Wildman–Crippen MR) is 82.3 cm³/mol.